The van der Waals surface area contributed by atoms with Gasteiger partial charge in [0.15, 0.2) is 0 Å². The molecule has 0 amide bonds. The minimum Gasteiger partial charge on any atom is -0.373 e. The average Bonchev–Trinajstić information content (AvgIpc) is 2.99. The molecule has 2 saturated heterocycles. The van der Waals surface area contributed by atoms with E-state index in [1.807, 2.05) is 0 Å². The predicted molar refractivity (Wildman–Crippen MR) is 43.6 cm³/mol. The highest BCUT2D eigenvalue weighted by Crippen LogP contribution is 2.51. The van der Waals surface area contributed by atoms with Crippen molar-refractivity contribution in [2.24, 2.45) is 0 Å². The summed E-state index contributed by atoms with van der Waals surface area (Å²) in [6, 6.07) is 0. The molecule has 17 heavy (non-hydrogen) atoms. The fourth-order valence-electron chi connectivity index (χ4n) is 1.47. The summed E-state index contributed by atoms with van der Waals surface area (Å²) in [5.41, 5.74) is 0. The molecule has 0 aromatic rings. The molecule has 0 aliphatic carbocycles. The fraction of sp³-hybridized carbons (Fsp3) is 1.00. The van der Waals surface area contributed by atoms with E-state index in [-0.39, 0.29) is 13.2 Å². The van der Waals surface area contributed by atoms with Gasteiger partial charge >= 0.3 is 17.8 Å². The number of hydrogen-bond donors (Lipinski definition) is 0. The number of epoxide rings is 2. The van der Waals surface area contributed by atoms with Crippen molar-refractivity contribution in [3.63, 3.8) is 0 Å². The molecule has 0 bridgehead atoms. The second-order valence-electron chi connectivity index (χ2n) is 4.30. The van der Waals surface area contributed by atoms with Crippen LogP contribution in [-0.4, -0.2) is 43.2 Å². The third-order valence-corrected chi connectivity index (χ3v) is 2.69. The van der Waals surface area contributed by atoms with Crippen LogP contribution in [0, 0.1) is 0 Å². The number of halogens is 6. The molecule has 8 heteroatoms. The molecule has 2 fully saturated rings. The Balaban J connectivity index is 2.07. The number of hydrogen-bond acceptors (Lipinski definition) is 2. The van der Waals surface area contributed by atoms with Crippen molar-refractivity contribution >= 4 is 0 Å². The molecular weight excluding hydrogens is 254 g/mol. The molecule has 2 aliphatic heterocycles. The number of ether oxygens (including phenoxy) is 2. The number of rotatable bonds is 6. The summed E-state index contributed by atoms with van der Waals surface area (Å²) in [6.07, 6.45) is -4.88. The first-order valence-corrected chi connectivity index (χ1v) is 5.02. The van der Waals surface area contributed by atoms with E-state index in [2.05, 4.69) is 9.47 Å². The van der Waals surface area contributed by atoms with E-state index < -0.39 is 42.8 Å². The number of alkyl halides is 6. The monoisotopic (exact) mass is 264 g/mol. The second-order valence-corrected chi connectivity index (χ2v) is 4.30. The van der Waals surface area contributed by atoms with Gasteiger partial charge in [-0.25, -0.2) is 0 Å². The van der Waals surface area contributed by atoms with Crippen molar-refractivity contribution in [2.45, 2.75) is 42.8 Å². The summed E-state index contributed by atoms with van der Waals surface area (Å²) in [5, 5.41) is 0. The maximum Gasteiger partial charge on any atom is 0.372 e. The van der Waals surface area contributed by atoms with E-state index in [4.69, 9.17) is 0 Å². The van der Waals surface area contributed by atoms with Gasteiger partial charge in [-0.1, -0.05) is 0 Å². The zero-order valence-electron chi connectivity index (χ0n) is 8.57. The van der Waals surface area contributed by atoms with Crippen molar-refractivity contribution in [1.82, 2.24) is 0 Å². The molecular formula is C9H10F6O2. The van der Waals surface area contributed by atoms with Crippen LogP contribution >= 0.6 is 0 Å². The highest BCUT2D eigenvalue weighted by atomic mass is 19.3. The van der Waals surface area contributed by atoms with Crippen LogP contribution < -0.4 is 0 Å². The van der Waals surface area contributed by atoms with Gasteiger partial charge in [0.1, 0.15) is 0 Å². The van der Waals surface area contributed by atoms with Crippen molar-refractivity contribution < 1.29 is 35.8 Å². The van der Waals surface area contributed by atoms with Gasteiger partial charge in [-0.3, -0.25) is 0 Å². The van der Waals surface area contributed by atoms with Gasteiger partial charge in [-0.05, 0) is 0 Å². The standard InChI is InChI=1S/C9H10F6O2/c10-7(11,1-5-3-16-5)9(14,15)8(12,13)2-6-4-17-6/h5-6H,1-4H2. The Hall–Kier alpha value is -0.500. The summed E-state index contributed by atoms with van der Waals surface area (Å²) in [6.45, 7) is -0.189. The van der Waals surface area contributed by atoms with Crippen molar-refractivity contribution in [1.29, 1.82) is 0 Å². The third-order valence-electron chi connectivity index (χ3n) is 2.69. The Labute approximate surface area is 92.9 Å². The molecule has 0 radical (unpaired) electrons. The van der Waals surface area contributed by atoms with E-state index in [0.717, 1.165) is 0 Å². The first-order chi connectivity index (χ1) is 7.66. The minimum atomic E-state index is -5.39. The summed E-state index contributed by atoms with van der Waals surface area (Å²) in [5.74, 6) is -15.0. The van der Waals surface area contributed by atoms with Crippen molar-refractivity contribution in [2.75, 3.05) is 13.2 Å². The topological polar surface area (TPSA) is 25.1 Å². The van der Waals surface area contributed by atoms with Gasteiger partial charge in [-0.15, -0.1) is 0 Å². The lowest BCUT2D eigenvalue weighted by Crippen LogP contribution is -2.55. The van der Waals surface area contributed by atoms with Crippen molar-refractivity contribution in [3.8, 4) is 0 Å². The van der Waals surface area contributed by atoms with Crippen LogP contribution in [0.1, 0.15) is 12.8 Å². The Morgan fingerprint density at radius 1 is 0.765 bits per heavy atom. The molecule has 2 rings (SSSR count). The Bertz CT molecular complexity index is 270. The zero-order chi connectivity index (χ0) is 12.9. The predicted octanol–water partition coefficient (Wildman–Crippen LogP) is 2.47. The van der Waals surface area contributed by atoms with Crippen LogP contribution in [-0.2, 0) is 9.47 Å². The van der Waals surface area contributed by atoms with Crippen LogP contribution in [0.5, 0.6) is 0 Å². The molecule has 2 atom stereocenters. The van der Waals surface area contributed by atoms with Gasteiger partial charge in [0.2, 0.25) is 0 Å². The largest absolute Gasteiger partial charge is 0.373 e. The van der Waals surface area contributed by atoms with Crippen LogP contribution in [0.3, 0.4) is 0 Å². The van der Waals surface area contributed by atoms with E-state index in [0.29, 0.717) is 0 Å². The van der Waals surface area contributed by atoms with Gasteiger partial charge < -0.3 is 9.47 Å². The summed E-state index contributed by atoms with van der Waals surface area (Å²) < 4.78 is 87.4. The lowest BCUT2D eigenvalue weighted by atomic mass is 9.97. The van der Waals surface area contributed by atoms with Gasteiger partial charge in [0, 0.05) is 12.8 Å². The summed E-state index contributed by atoms with van der Waals surface area (Å²) >= 11 is 0. The second kappa shape index (κ2) is 3.74. The lowest BCUT2D eigenvalue weighted by molar-refractivity contribution is -0.313. The molecule has 0 spiro atoms. The van der Waals surface area contributed by atoms with Crippen molar-refractivity contribution in [3.05, 3.63) is 0 Å². The quantitative estimate of drug-likeness (QED) is 0.544. The third kappa shape index (κ3) is 2.52. The molecule has 0 saturated carbocycles. The van der Waals surface area contributed by atoms with E-state index in [1.54, 1.807) is 0 Å². The molecule has 0 aromatic heterocycles. The van der Waals surface area contributed by atoms with Crippen LogP contribution in [0.25, 0.3) is 0 Å². The van der Waals surface area contributed by atoms with E-state index in [1.165, 1.54) is 0 Å². The lowest BCUT2D eigenvalue weighted by Gasteiger charge is -2.32. The molecule has 0 aromatic carbocycles. The van der Waals surface area contributed by atoms with Crippen LogP contribution in [0.15, 0.2) is 0 Å². The molecule has 2 aliphatic rings. The maximum atomic E-state index is 13.1. The maximum absolute atomic E-state index is 13.1. The van der Waals surface area contributed by atoms with Gasteiger partial charge in [0.25, 0.3) is 0 Å². The van der Waals surface area contributed by atoms with Gasteiger partial charge in [0.05, 0.1) is 25.4 Å². The first-order valence-electron chi connectivity index (χ1n) is 5.02. The normalized spacial score (nSPS) is 29.3. The Morgan fingerprint density at radius 3 is 1.29 bits per heavy atom. The highest BCUT2D eigenvalue weighted by molar-refractivity contribution is 5.00. The van der Waals surface area contributed by atoms with E-state index in [9.17, 15) is 26.3 Å². The Morgan fingerprint density at radius 2 is 1.06 bits per heavy atom. The zero-order valence-corrected chi connectivity index (χ0v) is 8.57. The molecule has 0 N–H and O–H groups in total. The first kappa shape index (κ1) is 12.9. The smallest absolute Gasteiger partial charge is 0.372 e. The molecule has 2 nitrogen and oxygen atoms in total. The SMILES string of the molecule is FC(F)(CC1CO1)C(F)(F)C(F)(F)CC1CO1. The molecule has 2 unspecified atom stereocenters. The van der Waals surface area contributed by atoms with E-state index >= 15 is 0 Å². The summed E-state index contributed by atoms with van der Waals surface area (Å²) in [7, 11) is 0. The van der Waals surface area contributed by atoms with Crippen LogP contribution in [0.2, 0.25) is 0 Å². The average molecular weight is 264 g/mol. The fourth-order valence-corrected chi connectivity index (χ4v) is 1.47. The molecule has 100 valence electrons. The summed E-state index contributed by atoms with van der Waals surface area (Å²) in [4.78, 5) is 0. The van der Waals surface area contributed by atoms with Gasteiger partial charge in [-0.2, -0.15) is 26.3 Å². The minimum absolute atomic E-state index is 0.0943. The molecule has 2 heterocycles. The Kier molecular flexibility index (Phi) is 2.85. The van der Waals surface area contributed by atoms with Crippen LogP contribution in [0.4, 0.5) is 26.3 Å². The highest BCUT2D eigenvalue weighted by Gasteiger charge is 2.72.